The Morgan fingerprint density at radius 3 is 1.67 bits per heavy atom. The third kappa shape index (κ3) is 28.9. The minimum Gasteiger partial charge on any atom is -0.171 e. The van der Waals surface area contributed by atoms with Gasteiger partial charge in [0.05, 0.1) is 6.71 Å². The molecule has 0 aromatic carbocycles. The molecule has 0 fully saturated rings. The monoisotopic (exact) mass is 196 g/mol. The van der Waals surface area contributed by atoms with Crippen LogP contribution in [0.1, 0.15) is 13.3 Å². The Labute approximate surface area is 63.0 Å². The molecule has 0 saturated carbocycles. The second-order valence-corrected chi connectivity index (χ2v) is 2.83. The fourth-order valence-corrected chi connectivity index (χ4v) is 0. The Morgan fingerprint density at radius 1 is 1.56 bits per heavy atom. The minimum absolute atomic E-state index is 0.472. The van der Waals surface area contributed by atoms with E-state index in [2.05, 4.69) is 11.8 Å². The molecule has 0 heterocycles. The molecule has 0 rings (SSSR count). The summed E-state index contributed by atoms with van der Waals surface area (Å²) in [4.78, 5) is 0. The Morgan fingerprint density at radius 2 is 1.67 bits per heavy atom. The summed E-state index contributed by atoms with van der Waals surface area (Å²) >= 11 is 8.92. The van der Waals surface area contributed by atoms with Gasteiger partial charge >= 0.3 is 6.18 Å². The maximum Gasteiger partial charge on any atom is 0.388 e. The molecule has 0 N–H and O–H groups in total. The molecule has 0 nitrogen and oxygen atoms in total. The first-order chi connectivity index (χ1) is 3.97. The minimum atomic E-state index is -3.96. The molecule has 0 atom stereocenters. The van der Waals surface area contributed by atoms with Crippen molar-refractivity contribution >= 4 is 29.8 Å². The van der Waals surface area contributed by atoms with Crippen LogP contribution in [0.4, 0.5) is 13.2 Å². The van der Waals surface area contributed by atoms with Gasteiger partial charge in [-0.1, -0.05) is 6.92 Å². The number of halogens is 4. The fourth-order valence-electron chi connectivity index (χ4n) is 0. The van der Waals surface area contributed by atoms with Crippen molar-refractivity contribution in [3.63, 3.8) is 0 Å². The van der Waals surface area contributed by atoms with Crippen molar-refractivity contribution in [1.82, 2.24) is 0 Å². The van der Waals surface area contributed by atoms with Gasteiger partial charge in [-0.15, -0.1) is 0 Å². The van der Waals surface area contributed by atoms with E-state index < -0.39 is 12.6 Å². The van der Waals surface area contributed by atoms with Gasteiger partial charge in [0.2, 0.25) is 0 Å². The first-order valence-corrected chi connectivity index (χ1v) is 4.79. The van der Waals surface area contributed by atoms with Gasteiger partial charge in [-0.3, -0.25) is 0 Å². The normalized spacial score (nSPS) is 10.3. The lowest BCUT2D eigenvalue weighted by Crippen LogP contribution is -2.02. The quantitative estimate of drug-likeness (QED) is 0.535. The van der Waals surface area contributed by atoms with Crippen molar-refractivity contribution in [3.05, 3.63) is 0 Å². The van der Waals surface area contributed by atoms with Crippen molar-refractivity contribution in [2.24, 2.45) is 0 Å². The van der Waals surface area contributed by atoms with Crippen molar-refractivity contribution in [3.8, 4) is 0 Å². The number of hydrogen-bond donors (Lipinski definition) is 0. The largest absolute Gasteiger partial charge is 0.388 e. The molecular weight excluding hydrogens is 192 g/mol. The van der Waals surface area contributed by atoms with Gasteiger partial charge in [-0.25, -0.2) is 0 Å². The molecule has 0 unspecified atom stereocenters. The summed E-state index contributed by atoms with van der Waals surface area (Å²) < 4.78 is 32.4. The van der Waals surface area contributed by atoms with Crippen LogP contribution < -0.4 is 0 Å². The van der Waals surface area contributed by atoms with E-state index in [9.17, 15) is 13.2 Å². The predicted molar refractivity (Wildman–Crippen MR) is 36.5 cm³/mol. The second kappa shape index (κ2) is 6.72. The van der Waals surface area contributed by atoms with Gasteiger partial charge in [0.15, 0.2) is 0 Å². The SMILES string of the molecule is CCC(F)(F)F.S=PCl. The van der Waals surface area contributed by atoms with Crippen LogP contribution in [0.5, 0.6) is 0 Å². The zero-order chi connectivity index (χ0) is 7.91. The lowest BCUT2D eigenvalue weighted by atomic mass is 10.5. The van der Waals surface area contributed by atoms with Gasteiger partial charge in [0.25, 0.3) is 0 Å². The average Bonchev–Trinajstić information content (AvgIpc) is 1.67. The van der Waals surface area contributed by atoms with Crippen LogP contribution in [0.15, 0.2) is 0 Å². The van der Waals surface area contributed by atoms with Crippen molar-refractivity contribution in [1.29, 1.82) is 0 Å². The van der Waals surface area contributed by atoms with Crippen molar-refractivity contribution < 1.29 is 13.2 Å². The summed E-state index contributed by atoms with van der Waals surface area (Å²) in [5.74, 6) is 0. The third-order valence-electron chi connectivity index (χ3n) is 0.401. The second-order valence-electron chi connectivity index (χ2n) is 1.04. The van der Waals surface area contributed by atoms with Gasteiger partial charge < -0.3 is 0 Å². The van der Waals surface area contributed by atoms with E-state index in [1.807, 2.05) is 0 Å². The van der Waals surface area contributed by atoms with Crippen LogP contribution in [0, 0.1) is 0 Å². The lowest BCUT2D eigenvalue weighted by Gasteiger charge is -1.96. The molecule has 9 heavy (non-hydrogen) atoms. The molecule has 0 aromatic heterocycles. The molecule has 0 radical (unpaired) electrons. The summed E-state index contributed by atoms with van der Waals surface area (Å²) in [6.07, 6.45) is -4.69. The van der Waals surface area contributed by atoms with E-state index in [-0.39, 0.29) is 0 Å². The standard InChI is InChI=1S/C3H5F3.ClPS/c1-2-3(4,5)6;1-2-3/h2H2,1H3;. The highest BCUT2D eigenvalue weighted by molar-refractivity contribution is 8.08. The van der Waals surface area contributed by atoms with Crippen LogP contribution in [0.2, 0.25) is 0 Å². The van der Waals surface area contributed by atoms with Gasteiger partial charge in [-0.2, -0.15) is 13.2 Å². The summed E-state index contributed by atoms with van der Waals surface area (Å²) in [6.45, 7) is 1.56. The van der Waals surface area contributed by atoms with Crippen LogP contribution in [0.25, 0.3) is 0 Å². The molecule has 0 aliphatic rings. The molecule has 56 valence electrons. The third-order valence-corrected chi connectivity index (χ3v) is 0.401. The smallest absolute Gasteiger partial charge is 0.171 e. The topological polar surface area (TPSA) is 0 Å². The van der Waals surface area contributed by atoms with Crippen molar-refractivity contribution in [2.75, 3.05) is 0 Å². The lowest BCUT2D eigenvalue weighted by molar-refractivity contribution is -0.130. The average molecular weight is 197 g/mol. The van der Waals surface area contributed by atoms with Gasteiger partial charge in [0.1, 0.15) is 0 Å². The van der Waals surface area contributed by atoms with Crippen LogP contribution in [0.3, 0.4) is 0 Å². The first kappa shape index (κ1) is 12.3. The number of rotatable bonds is 0. The van der Waals surface area contributed by atoms with E-state index in [0.717, 1.165) is 6.92 Å². The molecule has 0 spiro atoms. The zero-order valence-corrected chi connectivity index (χ0v) is 7.04. The molecule has 0 aromatic rings. The van der Waals surface area contributed by atoms with Crippen LogP contribution >= 0.6 is 17.9 Å². The summed E-state index contributed by atoms with van der Waals surface area (Å²) in [5, 5.41) is 0. The van der Waals surface area contributed by atoms with E-state index in [0.29, 0.717) is 6.71 Å². The molecule has 0 aliphatic heterocycles. The van der Waals surface area contributed by atoms with Crippen LogP contribution in [-0.2, 0) is 11.8 Å². The molecule has 0 aliphatic carbocycles. The van der Waals surface area contributed by atoms with E-state index in [1.165, 1.54) is 0 Å². The zero-order valence-electron chi connectivity index (χ0n) is 4.57. The van der Waals surface area contributed by atoms with E-state index >= 15 is 0 Å². The Bertz CT molecular complexity index is 73.9. The Balaban J connectivity index is 0. The van der Waals surface area contributed by atoms with Crippen molar-refractivity contribution in [2.45, 2.75) is 19.5 Å². The molecular formula is C3H5ClF3PS. The fraction of sp³-hybridized carbons (Fsp3) is 1.00. The summed E-state index contributed by atoms with van der Waals surface area (Å²) in [5.41, 5.74) is 0. The van der Waals surface area contributed by atoms with Gasteiger partial charge in [-0.05, 0) is 23.0 Å². The highest BCUT2D eigenvalue weighted by Crippen LogP contribution is 2.17. The summed E-state index contributed by atoms with van der Waals surface area (Å²) in [7, 11) is 0. The first-order valence-electron chi connectivity index (χ1n) is 1.98. The Hall–Kier alpha value is 0.600. The van der Waals surface area contributed by atoms with Crippen LogP contribution in [-0.4, -0.2) is 6.18 Å². The molecule has 0 saturated heterocycles. The highest BCUT2D eigenvalue weighted by Gasteiger charge is 2.22. The van der Waals surface area contributed by atoms with E-state index in [4.69, 9.17) is 11.2 Å². The Kier molecular flexibility index (Phi) is 9.17. The number of alkyl halides is 3. The molecule has 0 bridgehead atoms. The summed E-state index contributed by atoms with van der Waals surface area (Å²) in [6, 6.07) is 0. The maximum atomic E-state index is 10.8. The molecule has 6 heteroatoms. The molecule has 0 amide bonds. The predicted octanol–water partition coefficient (Wildman–Crippen LogP) is 3.51. The van der Waals surface area contributed by atoms with E-state index in [1.54, 1.807) is 0 Å². The maximum absolute atomic E-state index is 10.8. The van der Waals surface area contributed by atoms with Gasteiger partial charge in [0, 0.05) is 6.42 Å². The number of hydrogen-bond acceptors (Lipinski definition) is 1. The highest BCUT2D eigenvalue weighted by atomic mass is 35.7.